The molecule has 4 nitrogen and oxygen atoms in total. The van der Waals surface area contributed by atoms with Crippen LogP contribution in [0.25, 0.3) is 11.1 Å². The summed E-state index contributed by atoms with van der Waals surface area (Å²) in [4.78, 5) is 18.0. The molecule has 1 N–H and O–H groups in total. The summed E-state index contributed by atoms with van der Waals surface area (Å²) in [6.07, 6.45) is 4.36. The highest BCUT2D eigenvalue weighted by Crippen LogP contribution is 2.19. The number of rotatable bonds is 3. The lowest BCUT2D eigenvalue weighted by Gasteiger charge is -2.30. The molecule has 1 saturated heterocycles. The molecule has 0 aliphatic carbocycles. The van der Waals surface area contributed by atoms with E-state index in [0.717, 1.165) is 30.6 Å². The van der Waals surface area contributed by atoms with Gasteiger partial charge in [0.05, 0.1) is 6.04 Å². The zero-order chi connectivity index (χ0) is 14.7. The van der Waals surface area contributed by atoms with Crippen molar-refractivity contribution in [2.75, 3.05) is 20.1 Å². The van der Waals surface area contributed by atoms with Crippen LogP contribution < -0.4 is 5.32 Å². The summed E-state index contributed by atoms with van der Waals surface area (Å²) >= 11 is 0. The predicted molar refractivity (Wildman–Crippen MR) is 82.8 cm³/mol. The first-order chi connectivity index (χ1) is 10.2. The first-order valence-electron chi connectivity index (χ1n) is 7.22. The number of pyridine rings is 1. The van der Waals surface area contributed by atoms with Gasteiger partial charge >= 0.3 is 0 Å². The van der Waals surface area contributed by atoms with E-state index in [2.05, 4.69) is 34.6 Å². The van der Waals surface area contributed by atoms with Crippen molar-refractivity contribution < 1.29 is 4.79 Å². The normalized spacial score (nSPS) is 18.8. The second-order valence-electron chi connectivity index (χ2n) is 5.41. The molecule has 2 heterocycles. The summed E-state index contributed by atoms with van der Waals surface area (Å²) < 4.78 is 0. The van der Waals surface area contributed by atoms with E-state index in [1.165, 1.54) is 5.56 Å². The molecule has 0 radical (unpaired) electrons. The molecule has 1 aliphatic heterocycles. The minimum atomic E-state index is -0.104. The maximum Gasteiger partial charge on any atom is 0.239 e. The average molecular weight is 281 g/mol. The minimum absolute atomic E-state index is 0.104. The van der Waals surface area contributed by atoms with Crippen molar-refractivity contribution in [2.24, 2.45) is 0 Å². The molecular formula is C17H19N3O. The van der Waals surface area contributed by atoms with E-state index >= 15 is 0 Å². The van der Waals surface area contributed by atoms with E-state index in [9.17, 15) is 4.79 Å². The van der Waals surface area contributed by atoms with Gasteiger partial charge in [0, 0.05) is 32.5 Å². The SMILES string of the molecule is CN1CCN[C@@H](Cc2ccc(-c3cccnc3)cc2)C1=O. The third kappa shape index (κ3) is 3.11. The molecule has 2 aromatic rings. The van der Waals surface area contributed by atoms with Crippen LogP contribution >= 0.6 is 0 Å². The van der Waals surface area contributed by atoms with Crippen LogP contribution in [0, 0.1) is 0 Å². The first kappa shape index (κ1) is 13.8. The van der Waals surface area contributed by atoms with Gasteiger partial charge in [-0.3, -0.25) is 9.78 Å². The fourth-order valence-corrected chi connectivity index (χ4v) is 2.63. The van der Waals surface area contributed by atoms with Gasteiger partial charge in [-0.15, -0.1) is 0 Å². The maximum absolute atomic E-state index is 12.1. The van der Waals surface area contributed by atoms with Crippen molar-refractivity contribution in [1.82, 2.24) is 15.2 Å². The molecule has 0 saturated carbocycles. The summed E-state index contributed by atoms with van der Waals surface area (Å²) in [6.45, 7) is 1.65. The van der Waals surface area contributed by atoms with Crippen molar-refractivity contribution in [3.8, 4) is 11.1 Å². The Balaban J connectivity index is 1.71. The fourth-order valence-electron chi connectivity index (χ4n) is 2.63. The summed E-state index contributed by atoms with van der Waals surface area (Å²) in [5.41, 5.74) is 3.42. The van der Waals surface area contributed by atoms with Crippen molar-refractivity contribution in [3.05, 3.63) is 54.4 Å². The number of nitrogens with one attached hydrogen (secondary N) is 1. The van der Waals surface area contributed by atoms with Crippen LogP contribution in [-0.2, 0) is 11.2 Å². The van der Waals surface area contributed by atoms with Crippen molar-refractivity contribution in [3.63, 3.8) is 0 Å². The summed E-state index contributed by atoms with van der Waals surface area (Å²) in [5.74, 6) is 0.178. The molecule has 0 bridgehead atoms. The van der Waals surface area contributed by atoms with Crippen LogP contribution in [0.2, 0.25) is 0 Å². The van der Waals surface area contributed by atoms with Gasteiger partial charge in [-0.25, -0.2) is 0 Å². The molecule has 0 spiro atoms. The zero-order valence-electron chi connectivity index (χ0n) is 12.1. The number of nitrogens with zero attached hydrogens (tertiary/aromatic N) is 2. The zero-order valence-corrected chi connectivity index (χ0v) is 12.1. The third-order valence-corrected chi connectivity index (χ3v) is 3.90. The number of carbonyl (C=O) groups excluding carboxylic acids is 1. The second kappa shape index (κ2) is 6.06. The van der Waals surface area contributed by atoms with Crippen molar-refractivity contribution in [2.45, 2.75) is 12.5 Å². The number of likely N-dealkylation sites (N-methyl/N-ethyl adjacent to an activating group) is 1. The van der Waals surface area contributed by atoms with E-state index in [1.54, 1.807) is 11.1 Å². The largest absolute Gasteiger partial charge is 0.343 e. The van der Waals surface area contributed by atoms with Gasteiger partial charge in [-0.05, 0) is 29.2 Å². The summed E-state index contributed by atoms with van der Waals surface area (Å²) in [6, 6.07) is 12.2. The van der Waals surface area contributed by atoms with Gasteiger partial charge in [0.15, 0.2) is 0 Å². The van der Waals surface area contributed by atoms with Crippen LogP contribution in [0.4, 0.5) is 0 Å². The lowest BCUT2D eigenvalue weighted by molar-refractivity contribution is -0.134. The highest BCUT2D eigenvalue weighted by Gasteiger charge is 2.25. The quantitative estimate of drug-likeness (QED) is 0.932. The number of piperazine rings is 1. The van der Waals surface area contributed by atoms with E-state index < -0.39 is 0 Å². The second-order valence-corrected chi connectivity index (χ2v) is 5.41. The molecule has 3 rings (SSSR count). The van der Waals surface area contributed by atoms with Gasteiger partial charge in [-0.1, -0.05) is 30.3 Å². The number of hydrogen-bond donors (Lipinski definition) is 1. The number of amides is 1. The van der Waals surface area contributed by atoms with E-state index in [0.29, 0.717) is 0 Å². The van der Waals surface area contributed by atoms with E-state index in [4.69, 9.17) is 0 Å². The topological polar surface area (TPSA) is 45.2 Å². The Hall–Kier alpha value is -2.20. The van der Waals surface area contributed by atoms with Crippen molar-refractivity contribution in [1.29, 1.82) is 0 Å². The number of benzene rings is 1. The molecule has 1 aromatic heterocycles. The molecule has 108 valence electrons. The summed E-state index contributed by atoms with van der Waals surface area (Å²) in [5, 5.41) is 3.29. The Kier molecular flexibility index (Phi) is 3.97. The fraction of sp³-hybridized carbons (Fsp3) is 0.294. The van der Waals surface area contributed by atoms with E-state index in [1.807, 2.05) is 25.4 Å². The van der Waals surface area contributed by atoms with Gasteiger partial charge in [0.2, 0.25) is 5.91 Å². The lowest BCUT2D eigenvalue weighted by Crippen LogP contribution is -2.54. The Bertz CT molecular complexity index is 610. The van der Waals surface area contributed by atoms with Gasteiger partial charge < -0.3 is 10.2 Å². The van der Waals surface area contributed by atoms with Gasteiger partial charge in [-0.2, -0.15) is 0 Å². The Morgan fingerprint density at radius 2 is 2.05 bits per heavy atom. The van der Waals surface area contributed by atoms with Gasteiger partial charge in [0.1, 0.15) is 0 Å². The highest BCUT2D eigenvalue weighted by atomic mass is 16.2. The number of carbonyl (C=O) groups is 1. The molecule has 0 unspecified atom stereocenters. The Labute approximate surface area is 124 Å². The van der Waals surface area contributed by atoms with Crippen LogP contribution in [0.3, 0.4) is 0 Å². The number of hydrogen-bond acceptors (Lipinski definition) is 3. The van der Waals surface area contributed by atoms with Crippen molar-refractivity contribution >= 4 is 5.91 Å². The first-order valence-corrected chi connectivity index (χ1v) is 7.22. The number of aromatic nitrogens is 1. The van der Waals surface area contributed by atoms with Crippen LogP contribution in [0.5, 0.6) is 0 Å². The molecule has 1 aliphatic rings. The molecule has 1 atom stereocenters. The van der Waals surface area contributed by atoms with Crippen LogP contribution in [0.1, 0.15) is 5.56 Å². The molecule has 1 fully saturated rings. The molecule has 1 amide bonds. The smallest absolute Gasteiger partial charge is 0.239 e. The van der Waals surface area contributed by atoms with Crippen LogP contribution in [-0.4, -0.2) is 42.0 Å². The predicted octanol–water partition coefficient (Wildman–Crippen LogP) is 1.72. The Morgan fingerprint density at radius 1 is 1.24 bits per heavy atom. The van der Waals surface area contributed by atoms with E-state index in [-0.39, 0.29) is 11.9 Å². The van der Waals surface area contributed by atoms with Gasteiger partial charge in [0.25, 0.3) is 0 Å². The molecule has 4 heteroatoms. The Morgan fingerprint density at radius 3 is 2.76 bits per heavy atom. The third-order valence-electron chi connectivity index (χ3n) is 3.90. The highest BCUT2D eigenvalue weighted by molar-refractivity contribution is 5.82. The monoisotopic (exact) mass is 281 g/mol. The average Bonchev–Trinajstić information content (AvgIpc) is 2.53. The standard InChI is InChI=1S/C17H19N3O/c1-20-10-9-19-16(17(20)21)11-13-4-6-14(7-5-13)15-3-2-8-18-12-15/h2-8,12,16,19H,9-11H2,1H3/t16-/m0/s1. The maximum atomic E-state index is 12.1. The van der Waals surface area contributed by atoms with Crippen LogP contribution in [0.15, 0.2) is 48.8 Å². The lowest BCUT2D eigenvalue weighted by atomic mass is 10.00. The summed E-state index contributed by atoms with van der Waals surface area (Å²) in [7, 11) is 1.86. The minimum Gasteiger partial charge on any atom is -0.343 e. The molecular weight excluding hydrogens is 262 g/mol. The molecule has 1 aromatic carbocycles. The molecule has 21 heavy (non-hydrogen) atoms.